The average molecular weight is 260 g/mol. The third-order valence-electron chi connectivity index (χ3n) is 2.42. The van der Waals surface area contributed by atoms with Gasteiger partial charge in [-0.2, -0.15) is 0 Å². The van der Waals surface area contributed by atoms with E-state index in [1.165, 1.54) is 12.1 Å². The quantitative estimate of drug-likeness (QED) is 0.641. The van der Waals surface area contributed by atoms with Crippen LogP contribution in [0.1, 0.15) is 11.1 Å². The summed E-state index contributed by atoms with van der Waals surface area (Å²) in [6, 6.07) is 13.3. The highest BCUT2D eigenvalue weighted by Gasteiger charge is 2.00. The molecule has 0 atom stereocenters. The van der Waals surface area contributed by atoms with Gasteiger partial charge in [-0.05, 0) is 24.6 Å². The smallest absolute Gasteiger partial charge is 0.269 e. The third kappa shape index (κ3) is 5.18. The molecule has 3 N–H and O–H groups in total. The van der Waals surface area contributed by atoms with Gasteiger partial charge in [-0.25, -0.2) is 0 Å². The maximum Gasteiger partial charge on any atom is 0.269 e. The first-order chi connectivity index (χ1) is 9.02. The Bertz CT molecular complexity index is 521. The lowest BCUT2D eigenvalue weighted by Crippen LogP contribution is -1.94. The normalized spacial score (nSPS) is 9.37. The molecule has 0 saturated heterocycles. The molecule has 2 rings (SSSR count). The first-order valence-corrected chi connectivity index (χ1v) is 5.72. The highest BCUT2D eigenvalue weighted by molar-refractivity contribution is 5.32. The van der Waals surface area contributed by atoms with Crippen LogP contribution in [0.3, 0.4) is 0 Å². The molecule has 0 aromatic heterocycles. The molecule has 0 bridgehead atoms. The number of phenolic OH excluding ortho intramolecular Hbond substituents is 1. The topological polar surface area (TPSA) is 89.4 Å². The van der Waals surface area contributed by atoms with Gasteiger partial charge in [0.2, 0.25) is 0 Å². The number of nitro groups is 1. The van der Waals surface area contributed by atoms with E-state index in [2.05, 4.69) is 0 Å². The zero-order chi connectivity index (χ0) is 14.3. The SMILES string of the molecule is Cc1ccc([N+](=O)[O-])cc1.NCc1ccc(O)cc1. The van der Waals surface area contributed by atoms with E-state index in [1.807, 2.05) is 6.92 Å². The van der Waals surface area contributed by atoms with Gasteiger partial charge in [0.05, 0.1) is 4.92 Å². The summed E-state index contributed by atoms with van der Waals surface area (Å²) in [6.45, 7) is 2.42. The van der Waals surface area contributed by atoms with Gasteiger partial charge in [-0.3, -0.25) is 10.1 Å². The molecule has 0 amide bonds. The van der Waals surface area contributed by atoms with Crippen molar-refractivity contribution in [2.24, 2.45) is 5.73 Å². The monoisotopic (exact) mass is 260 g/mol. The van der Waals surface area contributed by atoms with Crippen molar-refractivity contribution in [1.82, 2.24) is 0 Å². The fraction of sp³-hybridized carbons (Fsp3) is 0.143. The van der Waals surface area contributed by atoms with Crippen LogP contribution in [0.25, 0.3) is 0 Å². The van der Waals surface area contributed by atoms with E-state index in [4.69, 9.17) is 10.8 Å². The molecule has 0 saturated carbocycles. The number of phenols is 1. The summed E-state index contributed by atoms with van der Waals surface area (Å²) in [7, 11) is 0. The second-order valence-corrected chi connectivity index (χ2v) is 3.96. The molecular formula is C14H16N2O3. The van der Waals surface area contributed by atoms with Gasteiger partial charge < -0.3 is 10.8 Å². The van der Waals surface area contributed by atoms with Gasteiger partial charge in [0.25, 0.3) is 5.69 Å². The number of aromatic hydroxyl groups is 1. The van der Waals surface area contributed by atoms with Crippen LogP contribution in [0.15, 0.2) is 48.5 Å². The lowest BCUT2D eigenvalue weighted by Gasteiger charge is -1.93. The summed E-state index contributed by atoms with van der Waals surface area (Å²) in [6.07, 6.45) is 0. The molecule has 19 heavy (non-hydrogen) atoms. The molecule has 5 heteroatoms. The molecular weight excluding hydrogens is 244 g/mol. The zero-order valence-corrected chi connectivity index (χ0v) is 10.6. The molecule has 2 aromatic rings. The molecule has 0 fully saturated rings. The van der Waals surface area contributed by atoms with Crippen LogP contribution in [-0.2, 0) is 6.54 Å². The van der Waals surface area contributed by atoms with Crippen molar-refractivity contribution >= 4 is 5.69 Å². The van der Waals surface area contributed by atoms with Crippen molar-refractivity contribution in [1.29, 1.82) is 0 Å². The van der Waals surface area contributed by atoms with Crippen molar-refractivity contribution in [3.63, 3.8) is 0 Å². The van der Waals surface area contributed by atoms with Gasteiger partial charge in [-0.1, -0.05) is 29.8 Å². The lowest BCUT2D eigenvalue weighted by atomic mass is 10.2. The van der Waals surface area contributed by atoms with Crippen molar-refractivity contribution in [3.8, 4) is 5.75 Å². The standard InChI is InChI=1S/C7H7NO2.C7H9NO/c1-6-2-4-7(5-3-6)8(9)10;8-5-6-1-3-7(9)4-2-6/h2-5H,1H3;1-4,9H,5,8H2. The highest BCUT2D eigenvalue weighted by Crippen LogP contribution is 2.10. The van der Waals surface area contributed by atoms with Gasteiger partial charge in [0.15, 0.2) is 0 Å². The Hall–Kier alpha value is -2.40. The van der Waals surface area contributed by atoms with Gasteiger partial charge in [0.1, 0.15) is 5.75 Å². The Labute approximate surface area is 111 Å². The number of rotatable bonds is 2. The molecule has 0 aliphatic rings. The van der Waals surface area contributed by atoms with E-state index in [1.54, 1.807) is 36.4 Å². The minimum Gasteiger partial charge on any atom is -0.508 e. The van der Waals surface area contributed by atoms with E-state index in [9.17, 15) is 10.1 Å². The maximum absolute atomic E-state index is 10.1. The fourth-order valence-electron chi connectivity index (χ4n) is 1.30. The van der Waals surface area contributed by atoms with E-state index >= 15 is 0 Å². The number of non-ortho nitro benzene ring substituents is 1. The third-order valence-corrected chi connectivity index (χ3v) is 2.42. The predicted octanol–water partition coefficient (Wildman–Crippen LogP) is 2.75. The molecule has 0 aliphatic heterocycles. The summed E-state index contributed by atoms with van der Waals surface area (Å²) in [5.41, 5.74) is 7.53. The molecule has 0 unspecified atom stereocenters. The molecule has 100 valence electrons. The van der Waals surface area contributed by atoms with Crippen LogP contribution in [0, 0.1) is 17.0 Å². The second-order valence-electron chi connectivity index (χ2n) is 3.96. The number of nitro benzene ring substituents is 1. The number of benzene rings is 2. The minimum absolute atomic E-state index is 0.144. The maximum atomic E-state index is 10.1. The summed E-state index contributed by atoms with van der Waals surface area (Å²) in [4.78, 5) is 9.71. The van der Waals surface area contributed by atoms with Crippen molar-refractivity contribution < 1.29 is 10.0 Å². The zero-order valence-electron chi connectivity index (χ0n) is 10.6. The van der Waals surface area contributed by atoms with Crippen molar-refractivity contribution in [3.05, 3.63) is 69.8 Å². The Morgan fingerprint density at radius 2 is 1.63 bits per heavy atom. The van der Waals surface area contributed by atoms with Crippen LogP contribution in [0.5, 0.6) is 5.75 Å². The number of nitrogens with two attached hydrogens (primary N) is 1. The van der Waals surface area contributed by atoms with Crippen LogP contribution >= 0.6 is 0 Å². The van der Waals surface area contributed by atoms with Gasteiger partial charge in [-0.15, -0.1) is 0 Å². The summed E-state index contributed by atoms with van der Waals surface area (Å²) in [5.74, 6) is 0.284. The Morgan fingerprint density at radius 3 is 2.05 bits per heavy atom. The molecule has 0 aliphatic carbocycles. The average Bonchev–Trinajstić information content (AvgIpc) is 2.41. The van der Waals surface area contributed by atoms with E-state index < -0.39 is 4.92 Å². The summed E-state index contributed by atoms with van der Waals surface area (Å²) in [5, 5.41) is 18.9. The van der Waals surface area contributed by atoms with Gasteiger partial charge in [0, 0.05) is 18.7 Å². The number of aryl methyl sites for hydroxylation is 1. The highest BCUT2D eigenvalue weighted by atomic mass is 16.6. The first-order valence-electron chi connectivity index (χ1n) is 5.72. The van der Waals surface area contributed by atoms with Crippen LogP contribution in [-0.4, -0.2) is 10.0 Å². The largest absolute Gasteiger partial charge is 0.508 e. The second kappa shape index (κ2) is 7.13. The number of hydrogen-bond acceptors (Lipinski definition) is 4. The van der Waals surface area contributed by atoms with Crippen LogP contribution in [0.4, 0.5) is 5.69 Å². The lowest BCUT2D eigenvalue weighted by molar-refractivity contribution is -0.384. The molecule has 0 radical (unpaired) electrons. The van der Waals surface area contributed by atoms with E-state index in [0.29, 0.717) is 6.54 Å². The summed E-state index contributed by atoms with van der Waals surface area (Å²) >= 11 is 0. The Morgan fingerprint density at radius 1 is 1.11 bits per heavy atom. The predicted molar refractivity (Wildman–Crippen MR) is 73.8 cm³/mol. The fourth-order valence-corrected chi connectivity index (χ4v) is 1.30. The van der Waals surface area contributed by atoms with Crippen LogP contribution < -0.4 is 5.73 Å². The van der Waals surface area contributed by atoms with Gasteiger partial charge >= 0.3 is 0 Å². The van der Waals surface area contributed by atoms with E-state index in [-0.39, 0.29) is 11.4 Å². The number of hydrogen-bond donors (Lipinski definition) is 2. The molecule has 0 heterocycles. The molecule has 2 aromatic carbocycles. The Balaban J connectivity index is 0.000000191. The first kappa shape index (κ1) is 14.7. The summed E-state index contributed by atoms with van der Waals surface area (Å²) < 4.78 is 0. The van der Waals surface area contributed by atoms with Crippen LogP contribution in [0.2, 0.25) is 0 Å². The minimum atomic E-state index is -0.403. The molecule has 5 nitrogen and oxygen atoms in total. The Kier molecular flexibility index (Phi) is 5.50. The van der Waals surface area contributed by atoms with Crippen molar-refractivity contribution in [2.75, 3.05) is 0 Å². The van der Waals surface area contributed by atoms with Crippen molar-refractivity contribution in [2.45, 2.75) is 13.5 Å². The molecule has 0 spiro atoms. The van der Waals surface area contributed by atoms with E-state index in [0.717, 1.165) is 11.1 Å². The number of nitrogens with zero attached hydrogens (tertiary/aromatic N) is 1.